The standard InChI is InChI=1S/C24H30N4O2S/c1-24(2,3)18-12-7-8-13-19(18)25-21(29)16-31-23-27-26-22(20-14-9-15-30-20)28(23)17-10-5-4-6-11-17/h7-9,12-15,17H,4-6,10-11,16H2,1-3H3,(H,25,29). The molecule has 7 heteroatoms. The Morgan fingerprint density at radius 3 is 2.61 bits per heavy atom. The smallest absolute Gasteiger partial charge is 0.234 e. The molecule has 3 aromatic rings. The normalized spacial score (nSPS) is 15.2. The third-order valence-electron chi connectivity index (χ3n) is 5.69. The third-order valence-corrected chi connectivity index (χ3v) is 6.63. The van der Waals surface area contributed by atoms with Crippen LogP contribution in [0.25, 0.3) is 11.6 Å². The van der Waals surface area contributed by atoms with Gasteiger partial charge >= 0.3 is 0 Å². The minimum Gasteiger partial charge on any atom is -0.461 e. The van der Waals surface area contributed by atoms with Gasteiger partial charge in [0.1, 0.15) is 0 Å². The molecule has 31 heavy (non-hydrogen) atoms. The first-order chi connectivity index (χ1) is 14.9. The Kier molecular flexibility index (Phi) is 6.51. The van der Waals surface area contributed by atoms with Gasteiger partial charge in [-0.2, -0.15) is 0 Å². The summed E-state index contributed by atoms with van der Waals surface area (Å²) >= 11 is 1.44. The second kappa shape index (κ2) is 9.30. The number of nitrogens with zero attached hydrogens (tertiary/aromatic N) is 3. The molecule has 1 aliphatic carbocycles. The summed E-state index contributed by atoms with van der Waals surface area (Å²) in [6.07, 6.45) is 7.53. The molecule has 0 aliphatic heterocycles. The van der Waals surface area contributed by atoms with E-state index in [9.17, 15) is 4.79 Å². The fourth-order valence-electron chi connectivity index (χ4n) is 4.18. The maximum absolute atomic E-state index is 12.8. The van der Waals surface area contributed by atoms with E-state index in [1.165, 1.54) is 31.0 Å². The molecule has 164 valence electrons. The van der Waals surface area contributed by atoms with Crippen molar-refractivity contribution in [2.24, 2.45) is 0 Å². The molecule has 0 unspecified atom stereocenters. The molecule has 1 aromatic carbocycles. The number of benzene rings is 1. The average Bonchev–Trinajstić information content (AvgIpc) is 3.42. The number of nitrogens with one attached hydrogen (secondary N) is 1. The fraction of sp³-hybridized carbons (Fsp3) is 0.458. The molecule has 1 fully saturated rings. The van der Waals surface area contributed by atoms with Crippen LogP contribution in [0.4, 0.5) is 5.69 Å². The number of amides is 1. The molecule has 0 spiro atoms. The molecule has 1 aliphatic rings. The van der Waals surface area contributed by atoms with E-state index in [0.717, 1.165) is 35.1 Å². The quantitative estimate of drug-likeness (QED) is 0.473. The number of thioether (sulfide) groups is 1. The summed E-state index contributed by atoms with van der Waals surface area (Å²) in [5.74, 6) is 1.70. The number of carbonyl (C=O) groups is 1. The van der Waals surface area contributed by atoms with Gasteiger partial charge in [-0.15, -0.1) is 10.2 Å². The Balaban J connectivity index is 1.51. The highest BCUT2D eigenvalue weighted by Crippen LogP contribution is 2.36. The van der Waals surface area contributed by atoms with Crippen LogP contribution in [0.5, 0.6) is 0 Å². The average molecular weight is 439 g/mol. The van der Waals surface area contributed by atoms with E-state index in [1.807, 2.05) is 30.3 Å². The molecule has 0 bridgehead atoms. The summed E-state index contributed by atoms with van der Waals surface area (Å²) in [7, 11) is 0. The number of carbonyl (C=O) groups excluding carboxylic acids is 1. The van der Waals surface area contributed by atoms with Crippen LogP contribution in [0.15, 0.2) is 52.2 Å². The van der Waals surface area contributed by atoms with Gasteiger partial charge in [0.2, 0.25) is 11.7 Å². The molecule has 6 nitrogen and oxygen atoms in total. The van der Waals surface area contributed by atoms with Crippen LogP contribution >= 0.6 is 11.8 Å². The lowest BCUT2D eigenvalue weighted by Crippen LogP contribution is -2.20. The SMILES string of the molecule is CC(C)(C)c1ccccc1NC(=O)CSc1nnc(-c2ccco2)n1C1CCCCC1. The predicted molar refractivity (Wildman–Crippen MR) is 124 cm³/mol. The van der Waals surface area contributed by atoms with Crippen molar-refractivity contribution in [3.63, 3.8) is 0 Å². The summed E-state index contributed by atoms with van der Waals surface area (Å²) in [5, 5.41) is 12.7. The van der Waals surface area contributed by atoms with Gasteiger partial charge in [0.25, 0.3) is 0 Å². The van der Waals surface area contributed by atoms with Crippen molar-refractivity contribution < 1.29 is 9.21 Å². The lowest BCUT2D eigenvalue weighted by atomic mass is 9.86. The van der Waals surface area contributed by atoms with Crippen molar-refractivity contribution in [3.8, 4) is 11.6 Å². The Morgan fingerprint density at radius 1 is 1.13 bits per heavy atom. The molecule has 2 aromatic heterocycles. The number of hydrogen-bond donors (Lipinski definition) is 1. The van der Waals surface area contributed by atoms with Gasteiger partial charge in [0.05, 0.1) is 12.0 Å². The zero-order valence-corrected chi connectivity index (χ0v) is 19.2. The van der Waals surface area contributed by atoms with E-state index >= 15 is 0 Å². The first kappa shape index (κ1) is 21.7. The van der Waals surface area contributed by atoms with Gasteiger partial charge in [-0.3, -0.25) is 9.36 Å². The van der Waals surface area contributed by atoms with Crippen LogP contribution in [0.1, 0.15) is 64.5 Å². The van der Waals surface area contributed by atoms with Crippen LogP contribution in [-0.2, 0) is 10.2 Å². The fourth-order valence-corrected chi connectivity index (χ4v) is 4.99. The van der Waals surface area contributed by atoms with E-state index in [0.29, 0.717) is 11.8 Å². The molecule has 0 saturated heterocycles. The molecule has 1 amide bonds. The summed E-state index contributed by atoms with van der Waals surface area (Å²) in [5.41, 5.74) is 1.94. The van der Waals surface area contributed by atoms with Gasteiger partial charge in [-0.1, -0.05) is 70.0 Å². The molecule has 0 atom stereocenters. The minimum absolute atomic E-state index is 0.0422. The third kappa shape index (κ3) is 5.03. The number of furan rings is 1. The van der Waals surface area contributed by atoms with Crippen molar-refractivity contribution in [1.29, 1.82) is 0 Å². The monoisotopic (exact) mass is 438 g/mol. The second-order valence-corrected chi connectivity index (χ2v) is 10.0. The number of hydrogen-bond acceptors (Lipinski definition) is 5. The zero-order chi connectivity index (χ0) is 21.8. The maximum Gasteiger partial charge on any atom is 0.234 e. The lowest BCUT2D eigenvalue weighted by Gasteiger charge is -2.25. The van der Waals surface area contributed by atoms with E-state index in [-0.39, 0.29) is 17.1 Å². The minimum atomic E-state index is -0.0455. The predicted octanol–water partition coefficient (Wildman–Crippen LogP) is 6.07. The molecule has 4 rings (SSSR count). The maximum atomic E-state index is 12.8. The summed E-state index contributed by atoms with van der Waals surface area (Å²) < 4.78 is 7.78. The van der Waals surface area contributed by atoms with Crippen LogP contribution in [-0.4, -0.2) is 26.4 Å². The highest BCUT2D eigenvalue weighted by Gasteiger charge is 2.25. The largest absolute Gasteiger partial charge is 0.461 e. The lowest BCUT2D eigenvalue weighted by molar-refractivity contribution is -0.113. The van der Waals surface area contributed by atoms with Crippen LogP contribution in [0, 0.1) is 0 Å². The number of para-hydroxylation sites is 1. The molecular formula is C24H30N4O2S. The van der Waals surface area contributed by atoms with E-state index in [1.54, 1.807) is 6.26 Å². The topological polar surface area (TPSA) is 73.0 Å². The first-order valence-corrected chi connectivity index (χ1v) is 11.9. The first-order valence-electron chi connectivity index (χ1n) is 10.9. The van der Waals surface area contributed by atoms with Crippen molar-refractivity contribution in [1.82, 2.24) is 14.8 Å². The molecule has 0 radical (unpaired) electrons. The van der Waals surface area contributed by atoms with Crippen molar-refractivity contribution >= 4 is 23.4 Å². The van der Waals surface area contributed by atoms with Crippen LogP contribution in [0.2, 0.25) is 0 Å². The second-order valence-electron chi connectivity index (χ2n) is 9.08. The van der Waals surface area contributed by atoms with Crippen molar-refractivity contribution in [3.05, 3.63) is 48.2 Å². The molecular weight excluding hydrogens is 408 g/mol. The van der Waals surface area contributed by atoms with Gasteiger partial charge < -0.3 is 9.73 Å². The van der Waals surface area contributed by atoms with Gasteiger partial charge in [-0.25, -0.2) is 0 Å². The molecule has 1 N–H and O–H groups in total. The molecule has 1 saturated carbocycles. The number of aromatic nitrogens is 3. The number of anilines is 1. The van der Waals surface area contributed by atoms with Crippen LogP contribution < -0.4 is 5.32 Å². The zero-order valence-electron chi connectivity index (χ0n) is 18.4. The Labute approximate surface area is 187 Å². The van der Waals surface area contributed by atoms with E-state index < -0.39 is 0 Å². The molecule has 2 heterocycles. The van der Waals surface area contributed by atoms with E-state index in [4.69, 9.17) is 4.42 Å². The number of rotatable bonds is 6. The van der Waals surface area contributed by atoms with Gasteiger partial charge in [-0.05, 0) is 42.0 Å². The van der Waals surface area contributed by atoms with Crippen molar-refractivity contribution in [2.75, 3.05) is 11.1 Å². The Bertz CT molecular complexity index is 1010. The van der Waals surface area contributed by atoms with Crippen LogP contribution in [0.3, 0.4) is 0 Å². The van der Waals surface area contributed by atoms with Gasteiger partial charge in [0.15, 0.2) is 10.9 Å². The summed E-state index contributed by atoms with van der Waals surface area (Å²) in [6.45, 7) is 6.45. The highest BCUT2D eigenvalue weighted by molar-refractivity contribution is 7.99. The summed E-state index contributed by atoms with van der Waals surface area (Å²) in [6, 6.07) is 12.1. The van der Waals surface area contributed by atoms with Gasteiger partial charge in [0, 0.05) is 11.7 Å². The van der Waals surface area contributed by atoms with Crippen molar-refractivity contribution in [2.45, 2.75) is 69.5 Å². The Hall–Kier alpha value is -2.54. The summed E-state index contributed by atoms with van der Waals surface area (Å²) in [4.78, 5) is 12.8. The Morgan fingerprint density at radius 2 is 1.90 bits per heavy atom. The highest BCUT2D eigenvalue weighted by atomic mass is 32.2. The van der Waals surface area contributed by atoms with E-state index in [2.05, 4.69) is 46.9 Å².